The highest BCUT2D eigenvalue weighted by Crippen LogP contribution is 2.25. The lowest BCUT2D eigenvalue weighted by Crippen LogP contribution is -2.22. The van der Waals surface area contributed by atoms with E-state index < -0.39 is 9.84 Å². The molecule has 0 spiro atoms. The quantitative estimate of drug-likeness (QED) is 0.704. The van der Waals surface area contributed by atoms with Gasteiger partial charge in [-0.2, -0.15) is 0 Å². The molecule has 0 atom stereocenters. The van der Waals surface area contributed by atoms with Crippen molar-refractivity contribution in [1.29, 1.82) is 0 Å². The van der Waals surface area contributed by atoms with Crippen molar-refractivity contribution < 1.29 is 17.6 Å². The van der Waals surface area contributed by atoms with Crippen molar-refractivity contribution >= 4 is 15.7 Å². The zero-order chi connectivity index (χ0) is 19.4. The molecular formula is C20H20N2O4S. The van der Waals surface area contributed by atoms with Crippen LogP contribution in [-0.4, -0.2) is 25.9 Å². The molecule has 1 aromatic heterocycles. The predicted octanol–water partition coefficient (Wildman–Crippen LogP) is 3.37. The van der Waals surface area contributed by atoms with Gasteiger partial charge in [0.1, 0.15) is 11.5 Å². The van der Waals surface area contributed by atoms with Gasteiger partial charge in [0.25, 0.3) is 5.91 Å². The van der Waals surface area contributed by atoms with Crippen molar-refractivity contribution in [2.24, 2.45) is 0 Å². The molecule has 0 saturated heterocycles. The minimum absolute atomic E-state index is 0.151. The fraction of sp³-hybridized carbons (Fsp3) is 0.200. The molecule has 7 heteroatoms. The molecule has 3 aromatic rings. The van der Waals surface area contributed by atoms with Crippen LogP contribution in [0.15, 0.2) is 63.9 Å². The molecule has 0 saturated carbocycles. The first-order valence-electron chi connectivity index (χ1n) is 8.53. The summed E-state index contributed by atoms with van der Waals surface area (Å²) in [6.07, 6.45) is 0. The Hall–Kier alpha value is -2.93. The summed E-state index contributed by atoms with van der Waals surface area (Å²) in [7, 11) is -3.50. The summed E-state index contributed by atoms with van der Waals surface area (Å²) in [6, 6.07) is 15.1. The minimum atomic E-state index is -3.50. The van der Waals surface area contributed by atoms with Gasteiger partial charge in [-0.05, 0) is 50.2 Å². The zero-order valence-corrected chi connectivity index (χ0v) is 15.9. The van der Waals surface area contributed by atoms with E-state index in [1.54, 1.807) is 61.5 Å². The van der Waals surface area contributed by atoms with Gasteiger partial charge in [0, 0.05) is 17.7 Å². The number of aryl methyl sites for hydroxylation is 1. The number of hydrogen-bond acceptors (Lipinski definition) is 5. The summed E-state index contributed by atoms with van der Waals surface area (Å²) < 4.78 is 30.8. The number of hydrogen-bond donors (Lipinski definition) is 1. The summed E-state index contributed by atoms with van der Waals surface area (Å²) in [4.78, 5) is 16.4. The van der Waals surface area contributed by atoms with Gasteiger partial charge in [-0.3, -0.25) is 4.79 Å². The van der Waals surface area contributed by atoms with Crippen LogP contribution in [0.3, 0.4) is 0 Å². The Morgan fingerprint density at radius 2 is 1.74 bits per heavy atom. The molecule has 0 aliphatic carbocycles. The van der Waals surface area contributed by atoms with Gasteiger partial charge in [0.2, 0.25) is 5.89 Å². The lowest BCUT2D eigenvalue weighted by Gasteiger charge is -2.02. The highest BCUT2D eigenvalue weighted by Gasteiger charge is 2.21. The van der Waals surface area contributed by atoms with Crippen LogP contribution in [0.5, 0.6) is 0 Å². The number of nitrogens with zero attached hydrogens (tertiary/aromatic N) is 1. The molecule has 0 unspecified atom stereocenters. The standard InChI is InChI=1S/C20H20N2O4S/c1-3-21-19(23)15-9-11-16(12-10-15)20-22-18(14(2)26-20)13-27(24,25)17-7-5-4-6-8-17/h4-12H,3,13H2,1-2H3,(H,21,23). The number of amides is 1. The van der Waals surface area contributed by atoms with E-state index in [4.69, 9.17) is 4.42 Å². The highest BCUT2D eigenvalue weighted by atomic mass is 32.2. The number of carbonyl (C=O) groups is 1. The van der Waals surface area contributed by atoms with Crippen LogP contribution in [0, 0.1) is 6.92 Å². The molecule has 0 fully saturated rings. The van der Waals surface area contributed by atoms with Crippen molar-refractivity contribution in [2.75, 3.05) is 6.54 Å². The molecular weight excluding hydrogens is 364 g/mol. The van der Waals surface area contributed by atoms with E-state index >= 15 is 0 Å². The molecule has 1 N–H and O–H groups in total. The second-order valence-electron chi connectivity index (χ2n) is 6.03. The number of carbonyl (C=O) groups excluding carboxylic acids is 1. The van der Waals surface area contributed by atoms with E-state index in [0.717, 1.165) is 0 Å². The molecule has 0 bridgehead atoms. The average molecular weight is 384 g/mol. The zero-order valence-electron chi connectivity index (χ0n) is 15.1. The molecule has 140 valence electrons. The molecule has 6 nitrogen and oxygen atoms in total. The van der Waals surface area contributed by atoms with Gasteiger partial charge in [-0.1, -0.05) is 18.2 Å². The fourth-order valence-electron chi connectivity index (χ4n) is 2.60. The van der Waals surface area contributed by atoms with Gasteiger partial charge >= 0.3 is 0 Å². The largest absolute Gasteiger partial charge is 0.441 e. The van der Waals surface area contributed by atoms with Crippen LogP contribution in [0.25, 0.3) is 11.5 Å². The van der Waals surface area contributed by atoms with E-state index in [0.29, 0.717) is 35.0 Å². The SMILES string of the molecule is CCNC(=O)c1ccc(-c2nc(CS(=O)(=O)c3ccccc3)c(C)o2)cc1. The normalized spacial score (nSPS) is 11.3. The topological polar surface area (TPSA) is 89.3 Å². The van der Waals surface area contributed by atoms with Crippen LogP contribution < -0.4 is 5.32 Å². The van der Waals surface area contributed by atoms with Gasteiger partial charge in [-0.25, -0.2) is 13.4 Å². The van der Waals surface area contributed by atoms with E-state index in [-0.39, 0.29) is 16.6 Å². The third-order valence-electron chi connectivity index (χ3n) is 4.05. The molecule has 1 heterocycles. The summed E-state index contributed by atoms with van der Waals surface area (Å²) >= 11 is 0. The number of benzene rings is 2. The van der Waals surface area contributed by atoms with Crippen LogP contribution in [0.1, 0.15) is 28.7 Å². The molecule has 3 rings (SSSR count). The van der Waals surface area contributed by atoms with Crippen molar-refractivity contribution in [2.45, 2.75) is 24.5 Å². The van der Waals surface area contributed by atoms with Crippen molar-refractivity contribution in [3.8, 4) is 11.5 Å². The van der Waals surface area contributed by atoms with Crippen LogP contribution in [0.2, 0.25) is 0 Å². The molecule has 1 amide bonds. The summed E-state index contributed by atoms with van der Waals surface area (Å²) in [5, 5.41) is 2.73. The van der Waals surface area contributed by atoms with E-state index in [9.17, 15) is 13.2 Å². The Bertz CT molecular complexity index is 1040. The summed E-state index contributed by atoms with van der Waals surface area (Å²) in [6.45, 7) is 4.10. The van der Waals surface area contributed by atoms with Crippen molar-refractivity contribution in [1.82, 2.24) is 10.3 Å². The Morgan fingerprint density at radius 1 is 1.07 bits per heavy atom. The lowest BCUT2D eigenvalue weighted by atomic mass is 10.1. The second kappa shape index (κ2) is 7.75. The van der Waals surface area contributed by atoms with E-state index in [1.165, 1.54) is 0 Å². The summed E-state index contributed by atoms with van der Waals surface area (Å²) in [5.74, 6) is 0.399. The maximum absolute atomic E-state index is 12.6. The number of nitrogens with one attached hydrogen (secondary N) is 1. The highest BCUT2D eigenvalue weighted by molar-refractivity contribution is 7.90. The Kier molecular flexibility index (Phi) is 5.41. The molecule has 0 radical (unpaired) electrons. The van der Waals surface area contributed by atoms with E-state index in [1.807, 2.05) is 6.92 Å². The number of sulfone groups is 1. The monoisotopic (exact) mass is 384 g/mol. The van der Waals surface area contributed by atoms with E-state index in [2.05, 4.69) is 10.3 Å². The Balaban J connectivity index is 1.83. The Labute approximate surface area is 158 Å². The van der Waals surface area contributed by atoms with Crippen molar-refractivity contribution in [3.05, 3.63) is 71.6 Å². The molecule has 2 aromatic carbocycles. The second-order valence-corrected chi connectivity index (χ2v) is 8.02. The first-order valence-corrected chi connectivity index (χ1v) is 10.2. The molecule has 27 heavy (non-hydrogen) atoms. The van der Waals surface area contributed by atoms with Gasteiger partial charge in [0.05, 0.1) is 10.6 Å². The van der Waals surface area contributed by atoms with Gasteiger partial charge in [0.15, 0.2) is 9.84 Å². The van der Waals surface area contributed by atoms with Crippen LogP contribution in [0.4, 0.5) is 0 Å². The first kappa shape index (κ1) is 18.8. The number of rotatable bonds is 6. The van der Waals surface area contributed by atoms with Crippen LogP contribution >= 0.6 is 0 Å². The van der Waals surface area contributed by atoms with Crippen LogP contribution in [-0.2, 0) is 15.6 Å². The average Bonchev–Trinajstić information content (AvgIpc) is 3.03. The third kappa shape index (κ3) is 4.25. The Morgan fingerprint density at radius 3 is 2.37 bits per heavy atom. The maximum Gasteiger partial charge on any atom is 0.251 e. The first-order chi connectivity index (χ1) is 12.9. The van der Waals surface area contributed by atoms with Gasteiger partial charge in [-0.15, -0.1) is 0 Å². The third-order valence-corrected chi connectivity index (χ3v) is 5.70. The molecule has 0 aliphatic heterocycles. The smallest absolute Gasteiger partial charge is 0.251 e. The minimum Gasteiger partial charge on any atom is -0.441 e. The number of oxazole rings is 1. The van der Waals surface area contributed by atoms with Crippen molar-refractivity contribution in [3.63, 3.8) is 0 Å². The fourth-order valence-corrected chi connectivity index (χ4v) is 3.97. The number of aromatic nitrogens is 1. The lowest BCUT2D eigenvalue weighted by molar-refractivity contribution is 0.0956. The predicted molar refractivity (Wildman–Crippen MR) is 102 cm³/mol. The van der Waals surface area contributed by atoms with Gasteiger partial charge < -0.3 is 9.73 Å². The molecule has 0 aliphatic rings. The summed E-state index contributed by atoms with van der Waals surface area (Å²) in [5.41, 5.74) is 1.59. The maximum atomic E-state index is 12.6.